The molecule has 0 saturated carbocycles. The molecule has 19 heavy (non-hydrogen) atoms. The van der Waals surface area contributed by atoms with E-state index in [2.05, 4.69) is 10.3 Å². The van der Waals surface area contributed by atoms with E-state index in [1.807, 2.05) is 25.1 Å². The minimum atomic E-state index is -0.217. The monoisotopic (exact) mass is 278 g/mol. The first-order valence-electron chi connectivity index (χ1n) is 5.73. The standard InChI is InChI=1S/C13H15ClN4O/c1-17(2)11-5-4-9(14)6-10(11)16-13(19)12-7-15-8-18(12)3/h4-8H,1-3H3,(H,16,19). The van der Waals surface area contributed by atoms with E-state index in [0.717, 1.165) is 5.69 Å². The molecule has 0 atom stereocenters. The fraction of sp³-hybridized carbons (Fsp3) is 0.231. The minimum Gasteiger partial charge on any atom is -0.376 e. The van der Waals surface area contributed by atoms with Gasteiger partial charge in [-0.3, -0.25) is 4.79 Å². The number of nitrogens with zero attached hydrogens (tertiary/aromatic N) is 3. The summed E-state index contributed by atoms with van der Waals surface area (Å²) in [5.74, 6) is -0.217. The third kappa shape index (κ3) is 2.88. The number of aromatic nitrogens is 2. The summed E-state index contributed by atoms with van der Waals surface area (Å²) in [5, 5.41) is 3.42. The van der Waals surface area contributed by atoms with Crippen LogP contribution in [0.25, 0.3) is 0 Å². The molecule has 0 aliphatic rings. The Kier molecular flexibility index (Phi) is 3.76. The molecule has 1 amide bonds. The van der Waals surface area contributed by atoms with Gasteiger partial charge in [-0.15, -0.1) is 0 Å². The number of nitrogens with one attached hydrogen (secondary N) is 1. The molecule has 0 radical (unpaired) electrons. The van der Waals surface area contributed by atoms with Crippen molar-refractivity contribution in [3.8, 4) is 0 Å². The van der Waals surface area contributed by atoms with Crippen LogP contribution in [0, 0.1) is 0 Å². The van der Waals surface area contributed by atoms with Gasteiger partial charge in [0.05, 0.1) is 23.9 Å². The van der Waals surface area contributed by atoms with Gasteiger partial charge in [-0.1, -0.05) is 11.6 Å². The van der Waals surface area contributed by atoms with Crippen LogP contribution in [0.1, 0.15) is 10.5 Å². The Hall–Kier alpha value is -2.01. The van der Waals surface area contributed by atoms with Crippen LogP contribution in [0.15, 0.2) is 30.7 Å². The maximum atomic E-state index is 12.1. The first-order valence-corrected chi connectivity index (χ1v) is 6.11. The normalized spacial score (nSPS) is 10.3. The van der Waals surface area contributed by atoms with E-state index in [9.17, 15) is 4.79 Å². The first kappa shape index (κ1) is 13.4. The quantitative estimate of drug-likeness (QED) is 0.938. The number of amides is 1. The van der Waals surface area contributed by atoms with Crippen molar-refractivity contribution in [1.82, 2.24) is 9.55 Å². The van der Waals surface area contributed by atoms with Gasteiger partial charge in [0.1, 0.15) is 5.69 Å². The Labute approximate surface area is 116 Å². The Balaban J connectivity index is 2.31. The molecule has 2 rings (SSSR count). The van der Waals surface area contributed by atoms with Crippen LogP contribution >= 0.6 is 11.6 Å². The average molecular weight is 279 g/mol. The SMILES string of the molecule is CN(C)c1ccc(Cl)cc1NC(=O)c1cncn1C. The molecule has 5 nitrogen and oxygen atoms in total. The second kappa shape index (κ2) is 5.32. The third-order valence-electron chi connectivity index (χ3n) is 2.74. The molecular weight excluding hydrogens is 264 g/mol. The van der Waals surface area contributed by atoms with Gasteiger partial charge in [-0.2, -0.15) is 0 Å². The number of carbonyl (C=O) groups is 1. The lowest BCUT2D eigenvalue weighted by Crippen LogP contribution is -2.18. The van der Waals surface area contributed by atoms with Gasteiger partial charge in [0.2, 0.25) is 0 Å². The lowest BCUT2D eigenvalue weighted by Gasteiger charge is -2.18. The smallest absolute Gasteiger partial charge is 0.273 e. The van der Waals surface area contributed by atoms with Gasteiger partial charge in [0.25, 0.3) is 5.91 Å². The van der Waals surface area contributed by atoms with Gasteiger partial charge in [0.15, 0.2) is 0 Å². The molecule has 0 aliphatic carbocycles. The van der Waals surface area contributed by atoms with Crippen molar-refractivity contribution < 1.29 is 4.79 Å². The maximum Gasteiger partial charge on any atom is 0.273 e. The Morgan fingerprint density at radius 1 is 1.42 bits per heavy atom. The molecule has 1 aromatic carbocycles. The first-order chi connectivity index (χ1) is 8.99. The van der Waals surface area contributed by atoms with Gasteiger partial charge in [0, 0.05) is 26.2 Å². The summed E-state index contributed by atoms with van der Waals surface area (Å²) in [4.78, 5) is 18.0. The molecule has 2 aromatic rings. The molecule has 100 valence electrons. The van der Waals surface area contributed by atoms with E-state index in [4.69, 9.17) is 11.6 Å². The van der Waals surface area contributed by atoms with Crippen LogP contribution in [0.5, 0.6) is 0 Å². The fourth-order valence-electron chi connectivity index (χ4n) is 1.76. The summed E-state index contributed by atoms with van der Waals surface area (Å²) in [7, 11) is 5.58. The van der Waals surface area contributed by atoms with E-state index < -0.39 is 0 Å². The molecule has 0 bridgehead atoms. The second-order valence-electron chi connectivity index (χ2n) is 4.40. The largest absolute Gasteiger partial charge is 0.376 e. The lowest BCUT2D eigenvalue weighted by molar-refractivity contribution is 0.101. The summed E-state index contributed by atoms with van der Waals surface area (Å²) in [6, 6.07) is 5.38. The number of hydrogen-bond acceptors (Lipinski definition) is 3. The van der Waals surface area contributed by atoms with Crippen LogP contribution in [0.2, 0.25) is 5.02 Å². The highest BCUT2D eigenvalue weighted by Crippen LogP contribution is 2.28. The number of anilines is 2. The van der Waals surface area contributed by atoms with Crippen LogP contribution < -0.4 is 10.2 Å². The Morgan fingerprint density at radius 3 is 2.74 bits per heavy atom. The number of carbonyl (C=O) groups excluding carboxylic acids is 1. The van der Waals surface area contributed by atoms with E-state index >= 15 is 0 Å². The summed E-state index contributed by atoms with van der Waals surface area (Å²) in [5.41, 5.74) is 2.05. The summed E-state index contributed by atoms with van der Waals surface area (Å²) in [6.45, 7) is 0. The molecule has 1 heterocycles. The molecule has 1 aromatic heterocycles. The van der Waals surface area contributed by atoms with Crippen molar-refractivity contribution >= 4 is 28.9 Å². The van der Waals surface area contributed by atoms with Crippen molar-refractivity contribution in [2.45, 2.75) is 0 Å². The average Bonchev–Trinajstić information content (AvgIpc) is 2.75. The number of halogens is 1. The third-order valence-corrected chi connectivity index (χ3v) is 2.97. The molecule has 0 saturated heterocycles. The van der Waals surface area contributed by atoms with Crippen LogP contribution in [0.4, 0.5) is 11.4 Å². The topological polar surface area (TPSA) is 50.2 Å². The Morgan fingerprint density at radius 2 is 2.16 bits per heavy atom. The van der Waals surface area contributed by atoms with Gasteiger partial charge >= 0.3 is 0 Å². The minimum absolute atomic E-state index is 0.217. The fourth-order valence-corrected chi connectivity index (χ4v) is 1.93. The predicted molar refractivity (Wildman–Crippen MR) is 76.9 cm³/mol. The van der Waals surface area contributed by atoms with E-state index in [0.29, 0.717) is 16.4 Å². The maximum absolute atomic E-state index is 12.1. The summed E-state index contributed by atoms with van der Waals surface area (Å²) < 4.78 is 1.66. The molecule has 1 N–H and O–H groups in total. The molecule has 6 heteroatoms. The number of aryl methyl sites for hydroxylation is 1. The molecule has 0 aliphatic heterocycles. The highest BCUT2D eigenvalue weighted by Gasteiger charge is 2.13. The van der Waals surface area contributed by atoms with Crippen molar-refractivity contribution in [3.05, 3.63) is 41.4 Å². The lowest BCUT2D eigenvalue weighted by atomic mass is 10.2. The van der Waals surface area contributed by atoms with Crippen LogP contribution in [-0.2, 0) is 7.05 Å². The highest BCUT2D eigenvalue weighted by atomic mass is 35.5. The number of benzene rings is 1. The van der Waals surface area contributed by atoms with Crippen molar-refractivity contribution in [2.75, 3.05) is 24.3 Å². The predicted octanol–water partition coefficient (Wildman–Crippen LogP) is 2.39. The van der Waals surface area contributed by atoms with Crippen LogP contribution in [0.3, 0.4) is 0 Å². The van der Waals surface area contributed by atoms with Gasteiger partial charge in [-0.25, -0.2) is 4.98 Å². The molecule has 0 unspecified atom stereocenters. The van der Waals surface area contributed by atoms with Gasteiger partial charge < -0.3 is 14.8 Å². The van der Waals surface area contributed by atoms with Gasteiger partial charge in [-0.05, 0) is 18.2 Å². The van der Waals surface area contributed by atoms with Crippen LogP contribution in [-0.4, -0.2) is 29.6 Å². The van der Waals surface area contributed by atoms with Crippen molar-refractivity contribution in [1.29, 1.82) is 0 Å². The summed E-state index contributed by atoms with van der Waals surface area (Å²) in [6.07, 6.45) is 3.11. The number of imidazole rings is 1. The number of rotatable bonds is 3. The van der Waals surface area contributed by atoms with Crippen molar-refractivity contribution in [3.63, 3.8) is 0 Å². The molecular formula is C13H15ClN4O. The zero-order valence-electron chi connectivity index (χ0n) is 11.0. The summed E-state index contributed by atoms with van der Waals surface area (Å²) >= 11 is 5.97. The van der Waals surface area contributed by atoms with E-state index in [1.165, 1.54) is 6.20 Å². The molecule has 0 fully saturated rings. The highest BCUT2D eigenvalue weighted by molar-refractivity contribution is 6.31. The second-order valence-corrected chi connectivity index (χ2v) is 4.84. The zero-order valence-corrected chi connectivity index (χ0v) is 11.8. The number of hydrogen-bond donors (Lipinski definition) is 1. The zero-order chi connectivity index (χ0) is 14.0. The molecule has 0 spiro atoms. The van der Waals surface area contributed by atoms with Crippen molar-refractivity contribution in [2.24, 2.45) is 7.05 Å². The van der Waals surface area contributed by atoms with E-state index in [-0.39, 0.29) is 5.91 Å². The Bertz CT molecular complexity index is 606. The van der Waals surface area contributed by atoms with E-state index in [1.54, 1.807) is 30.1 Å².